The smallest absolute Gasteiger partial charge is 0.303 e. The van der Waals surface area contributed by atoms with E-state index < -0.39 is 11.6 Å². The molecule has 0 aliphatic heterocycles. The van der Waals surface area contributed by atoms with Crippen molar-refractivity contribution in [2.45, 2.75) is 51.6 Å². The van der Waals surface area contributed by atoms with Crippen LogP contribution in [0.3, 0.4) is 0 Å². The Bertz CT molecular complexity index is 1720. The van der Waals surface area contributed by atoms with Crippen LogP contribution in [0.4, 0.5) is 0 Å². The van der Waals surface area contributed by atoms with Gasteiger partial charge >= 0.3 is 5.97 Å². The van der Waals surface area contributed by atoms with Gasteiger partial charge < -0.3 is 38.8 Å². The number of ether oxygens (including phenoxy) is 5. The number of carbonyl (C=O) groups is 3. The standard InChI is InChI=1S/C35H43NO10S2/c1-35(2,41)10-15-46-28-21-30-23(19-32(48-30)34(40)36(3)11-6-12-42-4)17-27(28)45-14-7-13-44-26-16-22-18-31(24(37)8-9-33(38)39)47-29(22)20-25(26)43-5/h16-21,41H,6-15H2,1-5H3,(H,38,39). The number of ketones is 1. The topological polar surface area (TPSA) is 141 Å². The highest BCUT2D eigenvalue weighted by molar-refractivity contribution is 7.21. The number of aliphatic carboxylic acids is 1. The lowest BCUT2D eigenvalue weighted by Gasteiger charge is -2.18. The average Bonchev–Trinajstić information content (AvgIpc) is 3.65. The SMILES string of the molecule is COCCCN(C)C(=O)c1cc2cc(OCCCOc3cc4cc(C(=O)CCC(=O)O)sc4cc3OC)c(OCCC(C)(C)O)cc2s1. The molecular formula is C35H43NO10S2. The largest absolute Gasteiger partial charge is 0.493 e. The van der Waals surface area contributed by atoms with Crippen molar-refractivity contribution >= 4 is 60.5 Å². The van der Waals surface area contributed by atoms with E-state index in [0.717, 1.165) is 26.6 Å². The number of carboxylic acids is 1. The quantitative estimate of drug-likeness (QED) is 0.0759. The summed E-state index contributed by atoms with van der Waals surface area (Å²) >= 11 is 2.69. The van der Waals surface area contributed by atoms with Gasteiger partial charge in [-0.25, -0.2) is 0 Å². The van der Waals surface area contributed by atoms with Crippen LogP contribution in [0.15, 0.2) is 36.4 Å². The van der Waals surface area contributed by atoms with Gasteiger partial charge in [0.2, 0.25) is 0 Å². The lowest BCUT2D eigenvalue weighted by molar-refractivity contribution is -0.136. The highest BCUT2D eigenvalue weighted by Crippen LogP contribution is 2.39. The predicted molar refractivity (Wildman–Crippen MR) is 187 cm³/mol. The summed E-state index contributed by atoms with van der Waals surface area (Å²) in [7, 11) is 4.96. The van der Waals surface area contributed by atoms with E-state index in [1.807, 2.05) is 30.3 Å². The minimum atomic E-state index is -1.01. The van der Waals surface area contributed by atoms with Crippen molar-refractivity contribution in [3.8, 4) is 23.0 Å². The highest BCUT2D eigenvalue weighted by Gasteiger charge is 2.19. The van der Waals surface area contributed by atoms with Gasteiger partial charge in [0.25, 0.3) is 5.91 Å². The molecule has 0 spiro atoms. The molecule has 2 aromatic heterocycles. The summed E-state index contributed by atoms with van der Waals surface area (Å²) in [6.07, 6.45) is 1.44. The molecule has 2 aromatic carbocycles. The monoisotopic (exact) mass is 701 g/mol. The van der Waals surface area contributed by atoms with E-state index in [2.05, 4.69) is 0 Å². The molecule has 11 nitrogen and oxygen atoms in total. The number of amides is 1. The number of nitrogens with zero attached hydrogens (tertiary/aromatic N) is 1. The normalized spacial score (nSPS) is 11.5. The first-order chi connectivity index (χ1) is 22.9. The summed E-state index contributed by atoms with van der Waals surface area (Å²) < 4.78 is 30.6. The summed E-state index contributed by atoms with van der Waals surface area (Å²) in [6, 6.07) is 11.0. The number of thiophene rings is 2. The average molecular weight is 702 g/mol. The van der Waals surface area contributed by atoms with E-state index in [1.165, 1.54) is 22.7 Å². The fraction of sp³-hybridized carbons (Fsp3) is 0.457. The molecule has 0 fully saturated rings. The van der Waals surface area contributed by atoms with Gasteiger partial charge in [0.1, 0.15) is 0 Å². The Balaban J connectivity index is 1.42. The van der Waals surface area contributed by atoms with Crippen LogP contribution in [0.1, 0.15) is 65.3 Å². The summed E-state index contributed by atoms with van der Waals surface area (Å²) in [6.45, 7) is 5.54. The Hall–Kier alpha value is -3.91. The number of rotatable bonds is 20. The maximum atomic E-state index is 13.1. The number of carbonyl (C=O) groups excluding carboxylic acids is 2. The molecular weight excluding hydrogens is 659 g/mol. The number of methoxy groups -OCH3 is 2. The van der Waals surface area contributed by atoms with Gasteiger partial charge in [-0.05, 0) is 55.3 Å². The molecule has 0 aliphatic carbocycles. The minimum Gasteiger partial charge on any atom is -0.493 e. The van der Waals surface area contributed by atoms with Crippen molar-refractivity contribution in [2.24, 2.45) is 0 Å². The minimum absolute atomic E-state index is 0.0554. The molecule has 13 heteroatoms. The first kappa shape index (κ1) is 36.9. The molecule has 2 N–H and O–H groups in total. The van der Waals surface area contributed by atoms with Gasteiger partial charge in [-0.1, -0.05) is 0 Å². The second-order valence-corrected chi connectivity index (χ2v) is 14.1. The second kappa shape index (κ2) is 17.0. The zero-order valence-electron chi connectivity index (χ0n) is 28.0. The van der Waals surface area contributed by atoms with Crippen molar-refractivity contribution in [3.05, 3.63) is 46.2 Å². The number of hydrogen-bond donors (Lipinski definition) is 2. The Morgan fingerprint density at radius 3 is 1.92 bits per heavy atom. The number of carboxylic acid groups (broad SMARTS) is 1. The molecule has 4 rings (SSSR count). The van der Waals surface area contributed by atoms with Crippen molar-refractivity contribution in [1.29, 1.82) is 0 Å². The Kier molecular flexibility index (Phi) is 13.0. The molecule has 0 saturated carbocycles. The lowest BCUT2D eigenvalue weighted by Crippen LogP contribution is -2.27. The summed E-state index contributed by atoms with van der Waals surface area (Å²) in [5.41, 5.74) is -0.886. The van der Waals surface area contributed by atoms with E-state index in [9.17, 15) is 19.5 Å². The molecule has 48 heavy (non-hydrogen) atoms. The van der Waals surface area contributed by atoms with Gasteiger partial charge in [0.05, 0.1) is 48.7 Å². The summed E-state index contributed by atoms with van der Waals surface area (Å²) in [4.78, 5) is 39.2. The van der Waals surface area contributed by atoms with E-state index in [1.54, 1.807) is 46.1 Å². The molecule has 4 aromatic rings. The zero-order chi connectivity index (χ0) is 34.8. The predicted octanol–water partition coefficient (Wildman–Crippen LogP) is 6.67. The van der Waals surface area contributed by atoms with Gasteiger partial charge in [0.15, 0.2) is 28.8 Å². The molecule has 0 aliphatic rings. The van der Waals surface area contributed by atoms with Crippen LogP contribution in [-0.2, 0) is 9.53 Å². The number of benzene rings is 2. The highest BCUT2D eigenvalue weighted by atomic mass is 32.1. The first-order valence-corrected chi connectivity index (χ1v) is 17.3. The van der Waals surface area contributed by atoms with Crippen LogP contribution < -0.4 is 18.9 Å². The molecule has 0 unspecified atom stereocenters. The Morgan fingerprint density at radius 2 is 1.31 bits per heavy atom. The number of fused-ring (bicyclic) bond motifs is 2. The third-order valence-corrected chi connectivity index (χ3v) is 9.63. The molecule has 0 atom stereocenters. The maximum absolute atomic E-state index is 13.1. The van der Waals surface area contributed by atoms with Crippen molar-refractivity contribution in [1.82, 2.24) is 4.90 Å². The van der Waals surface area contributed by atoms with Crippen LogP contribution in [0.5, 0.6) is 23.0 Å². The van der Waals surface area contributed by atoms with Crippen LogP contribution >= 0.6 is 22.7 Å². The van der Waals surface area contributed by atoms with Gasteiger partial charge in [-0.2, -0.15) is 0 Å². The van der Waals surface area contributed by atoms with E-state index in [0.29, 0.717) is 72.0 Å². The van der Waals surface area contributed by atoms with Crippen LogP contribution in [-0.4, -0.2) is 92.6 Å². The molecule has 260 valence electrons. The van der Waals surface area contributed by atoms with Crippen LogP contribution in [0.2, 0.25) is 0 Å². The van der Waals surface area contributed by atoms with E-state index >= 15 is 0 Å². The van der Waals surface area contributed by atoms with Gasteiger partial charge in [-0.3, -0.25) is 14.4 Å². The molecule has 1 amide bonds. The number of hydrogen-bond acceptors (Lipinski definition) is 11. The van der Waals surface area contributed by atoms with Crippen molar-refractivity contribution in [2.75, 3.05) is 54.2 Å². The van der Waals surface area contributed by atoms with Crippen LogP contribution in [0.25, 0.3) is 20.2 Å². The molecule has 0 saturated heterocycles. The molecule has 2 heterocycles. The first-order valence-electron chi connectivity index (χ1n) is 15.7. The van der Waals surface area contributed by atoms with Crippen molar-refractivity contribution < 1.29 is 48.3 Å². The maximum Gasteiger partial charge on any atom is 0.303 e. The van der Waals surface area contributed by atoms with E-state index in [4.69, 9.17) is 28.8 Å². The number of aliphatic hydroxyl groups is 1. The summed E-state index contributed by atoms with van der Waals surface area (Å²) in [5, 5.41) is 20.7. The fourth-order valence-electron chi connectivity index (χ4n) is 4.75. The molecule has 0 bridgehead atoms. The third-order valence-electron chi connectivity index (χ3n) is 7.40. The van der Waals surface area contributed by atoms with Crippen molar-refractivity contribution in [3.63, 3.8) is 0 Å². The van der Waals surface area contributed by atoms with Gasteiger partial charge in [-0.15, -0.1) is 22.7 Å². The Labute approximate surface area is 287 Å². The van der Waals surface area contributed by atoms with Gasteiger partial charge in [0, 0.05) is 68.1 Å². The zero-order valence-corrected chi connectivity index (χ0v) is 29.6. The third kappa shape index (κ3) is 10.3. The summed E-state index contributed by atoms with van der Waals surface area (Å²) in [5.74, 6) is 0.817. The lowest BCUT2D eigenvalue weighted by atomic mass is 10.1. The number of Topliss-reactive ketones (excluding diaryl/α,β-unsaturated/α-hetero) is 1. The second-order valence-electron chi connectivity index (χ2n) is 12.0. The molecule has 0 radical (unpaired) electrons. The van der Waals surface area contributed by atoms with E-state index in [-0.39, 0.29) is 31.1 Å². The Morgan fingerprint density at radius 1 is 0.750 bits per heavy atom. The van der Waals surface area contributed by atoms with Crippen LogP contribution in [0, 0.1) is 0 Å². The fourth-order valence-corrected chi connectivity index (χ4v) is 6.86.